The van der Waals surface area contributed by atoms with E-state index >= 15 is 0 Å². The summed E-state index contributed by atoms with van der Waals surface area (Å²) in [5.41, 5.74) is 1.44. The van der Waals surface area contributed by atoms with Gasteiger partial charge in [-0.2, -0.15) is 0 Å². The lowest BCUT2D eigenvalue weighted by atomic mass is 10.1. The number of hydrogen-bond donors (Lipinski definition) is 1. The molecule has 23 heavy (non-hydrogen) atoms. The van der Waals surface area contributed by atoms with Gasteiger partial charge in [-0.25, -0.2) is 0 Å². The van der Waals surface area contributed by atoms with Gasteiger partial charge in [-0.3, -0.25) is 4.99 Å². The van der Waals surface area contributed by atoms with Gasteiger partial charge in [-0.15, -0.1) is 24.0 Å². The molecular weight excluding hydrogens is 401 g/mol. The van der Waals surface area contributed by atoms with Gasteiger partial charge in [0.05, 0.1) is 6.61 Å². The Hall–Kier alpha value is -0.820. The average Bonchev–Trinajstić information content (AvgIpc) is 3.18. The summed E-state index contributed by atoms with van der Waals surface area (Å²) < 4.78 is 5.56. The molecule has 3 unspecified atom stereocenters. The zero-order valence-corrected chi connectivity index (χ0v) is 16.4. The van der Waals surface area contributed by atoms with Gasteiger partial charge in [-0.05, 0) is 25.3 Å². The molecule has 0 amide bonds. The van der Waals surface area contributed by atoms with E-state index in [0.29, 0.717) is 17.9 Å². The lowest BCUT2D eigenvalue weighted by Gasteiger charge is -2.22. The van der Waals surface area contributed by atoms with Crippen molar-refractivity contribution in [3.05, 3.63) is 35.9 Å². The molecule has 1 aromatic carbocycles. The molecule has 0 aromatic heterocycles. The maximum absolute atomic E-state index is 5.56. The summed E-state index contributed by atoms with van der Waals surface area (Å²) >= 11 is 0. The number of hydrogen-bond acceptors (Lipinski definition) is 2. The van der Waals surface area contributed by atoms with Gasteiger partial charge in [0, 0.05) is 44.6 Å². The molecule has 3 atom stereocenters. The Morgan fingerprint density at radius 1 is 1.35 bits per heavy atom. The molecule has 3 rings (SSSR count). The summed E-state index contributed by atoms with van der Waals surface area (Å²) in [6, 6.07) is 11.3. The Balaban J connectivity index is 0.00000192. The molecule has 1 saturated heterocycles. The van der Waals surface area contributed by atoms with Crippen LogP contribution in [0.3, 0.4) is 0 Å². The second-order valence-corrected chi connectivity index (χ2v) is 6.31. The zero-order valence-electron chi connectivity index (χ0n) is 14.1. The van der Waals surface area contributed by atoms with Crippen LogP contribution >= 0.6 is 24.0 Å². The molecule has 1 aromatic rings. The number of aliphatic imine (C=N–C) groups is 1. The second-order valence-electron chi connectivity index (χ2n) is 6.31. The number of guanidine groups is 1. The molecule has 1 heterocycles. The van der Waals surface area contributed by atoms with E-state index in [0.717, 1.165) is 32.3 Å². The molecule has 1 N–H and O–H groups in total. The SMILES string of the molecule is CCOCC1CCN(C(=NC)NC2CC2c2ccccc2)C1.I. The second kappa shape index (κ2) is 8.87. The fourth-order valence-electron chi connectivity index (χ4n) is 3.33. The first-order chi connectivity index (χ1) is 10.8. The van der Waals surface area contributed by atoms with E-state index in [-0.39, 0.29) is 24.0 Å². The highest BCUT2D eigenvalue weighted by molar-refractivity contribution is 14.0. The molecule has 128 valence electrons. The fraction of sp³-hybridized carbons (Fsp3) is 0.611. The molecule has 1 saturated carbocycles. The highest BCUT2D eigenvalue weighted by atomic mass is 127. The van der Waals surface area contributed by atoms with E-state index in [1.807, 2.05) is 7.05 Å². The number of halogens is 1. The number of nitrogens with zero attached hydrogens (tertiary/aromatic N) is 2. The van der Waals surface area contributed by atoms with Crippen LogP contribution in [0, 0.1) is 5.92 Å². The fourth-order valence-corrected chi connectivity index (χ4v) is 3.33. The van der Waals surface area contributed by atoms with E-state index in [1.54, 1.807) is 0 Å². The monoisotopic (exact) mass is 429 g/mol. The minimum atomic E-state index is 0. The molecule has 0 radical (unpaired) electrons. The molecule has 0 spiro atoms. The molecule has 1 aliphatic carbocycles. The van der Waals surface area contributed by atoms with Gasteiger partial charge in [-0.1, -0.05) is 30.3 Å². The maximum Gasteiger partial charge on any atom is 0.193 e. The molecule has 4 nitrogen and oxygen atoms in total. The van der Waals surface area contributed by atoms with Crippen molar-refractivity contribution >= 4 is 29.9 Å². The van der Waals surface area contributed by atoms with Crippen LogP contribution < -0.4 is 5.32 Å². The molecule has 1 aliphatic heterocycles. The highest BCUT2D eigenvalue weighted by Gasteiger charge is 2.40. The van der Waals surface area contributed by atoms with Crippen molar-refractivity contribution in [2.45, 2.75) is 31.7 Å². The Kier molecular flexibility index (Phi) is 7.14. The topological polar surface area (TPSA) is 36.9 Å². The lowest BCUT2D eigenvalue weighted by Crippen LogP contribution is -2.41. The quantitative estimate of drug-likeness (QED) is 0.444. The van der Waals surface area contributed by atoms with Crippen molar-refractivity contribution < 1.29 is 4.74 Å². The Morgan fingerprint density at radius 3 is 2.83 bits per heavy atom. The van der Waals surface area contributed by atoms with Crippen LogP contribution in [0.15, 0.2) is 35.3 Å². The zero-order chi connectivity index (χ0) is 15.4. The van der Waals surface area contributed by atoms with Crippen LogP contribution in [0.1, 0.15) is 31.2 Å². The maximum atomic E-state index is 5.56. The number of likely N-dealkylation sites (tertiary alicyclic amines) is 1. The van der Waals surface area contributed by atoms with Gasteiger partial charge < -0.3 is 15.0 Å². The first kappa shape index (κ1) is 18.5. The number of rotatable bonds is 5. The van der Waals surface area contributed by atoms with Crippen molar-refractivity contribution in [1.82, 2.24) is 10.2 Å². The minimum absolute atomic E-state index is 0. The Bertz CT molecular complexity index is 508. The molecule has 5 heteroatoms. The first-order valence-corrected chi connectivity index (χ1v) is 8.42. The van der Waals surface area contributed by atoms with Crippen LogP contribution in [0.25, 0.3) is 0 Å². The average molecular weight is 429 g/mol. The lowest BCUT2D eigenvalue weighted by molar-refractivity contribution is 0.114. The van der Waals surface area contributed by atoms with E-state index in [1.165, 1.54) is 18.4 Å². The minimum Gasteiger partial charge on any atom is -0.381 e. The predicted octanol–water partition coefficient (Wildman–Crippen LogP) is 3.09. The molecule has 0 bridgehead atoms. The summed E-state index contributed by atoms with van der Waals surface area (Å²) in [4.78, 5) is 6.86. The van der Waals surface area contributed by atoms with Crippen LogP contribution in [0.4, 0.5) is 0 Å². The van der Waals surface area contributed by atoms with Crippen molar-refractivity contribution in [1.29, 1.82) is 0 Å². The summed E-state index contributed by atoms with van der Waals surface area (Å²) in [5, 5.41) is 3.64. The molecular formula is C18H28IN3O. The van der Waals surface area contributed by atoms with Crippen LogP contribution in [0.5, 0.6) is 0 Å². The summed E-state index contributed by atoms with van der Waals surface area (Å²) in [5.74, 6) is 2.34. The van der Waals surface area contributed by atoms with Gasteiger partial charge in [0.25, 0.3) is 0 Å². The van der Waals surface area contributed by atoms with E-state index in [2.05, 4.69) is 52.5 Å². The van der Waals surface area contributed by atoms with E-state index < -0.39 is 0 Å². The van der Waals surface area contributed by atoms with Crippen molar-refractivity contribution in [2.24, 2.45) is 10.9 Å². The number of nitrogens with one attached hydrogen (secondary N) is 1. The van der Waals surface area contributed by atoms with Crippen molar-refractivity contribution in [2.75, 3.05) is 33.4 Å². The van der Waals surface area contributed by atoms with E-state index in [4.69, 9.17) is 4.74 Å². The van der Waals surface area contributed by atoms with Crippen LogP contribution in [-0.4, -0.2) is 50.3 Å². The normalized spacial score (nSPS) is 26.8. The third-order valence-corrected chi connectivity index (χ3v) is 4.69. The van der Waals surface area contributed by atoms with Crippen molar-refractivity contribution in [3.63, 3.8) is 0 Å². The number of ether oxygens (including phenoxy) is 1. The third kappa shape index (κ3) is 4.83. The van der Waals surface area contributed by atoms with Crippen molar-refractivity contribution in [3.8, 4) is 0 Å². The molecule has 2 aliphatic rings. The third-order valence-electron chi connectivity index (χ3n) is 4.69. The Labute approximate surface area is 156 Å². The summed E-state index contributed by atoms with van der Waals surface area (Å²) in [6.45, 7) is 5.89. The van der Waals surface area contributed by atoms with Gasteiger partial charge >= 0.3 is 0 Å². The van der Waals surface area contributed by atoms with Gasteiger partial charge in [0.15, 0.2) is 5.96 Å². The predicted molar refractivity (Wildman–Crippen MR) is 106 cm³/mol. The molecule has 2 fully saturated rings. The van der Waals surface area contributed by atoms with Gasteiger partial charge in [0.2, 0.25) is 0 Å². The smallest absolute Gasteiger partial charge is 0.193 e. The standard InChI is InChI=1S/C18H27N3O.HI/c1-3-22-13-14-9-10-21(12-14)18(19-2)20-17-11-16(17)15-7-5-4-6-8-15;/h4-8,14,16-17H,3,9-13H2,1-2H3,(H,19,20);1H. The van der Waals surface area contributed by atoms with E-state index in [9.17, 15) is 0 Å². The van der Waals surface area contributed by atoms with Crippen LogP contribution in [-0.2, 0) is 4.74 Å². The summed E-state index contributed by atoms with van der Waals surface area (Å²) in [7, 11) is 1.89. The van der Waals surface area contributed by atoms with Gasteiger partial charge in [0.1, 0.15) is 0 Å². The highest BCUT2D eigenvalue weighted by Crippen LogP contribution is 2.40. The largest absolute Gasteiger partial charge is 0.381 e. The number of benzene rings is 1. The summed E-state index contributed by atoms with van der Waals surface area (Å²) in [6.07, 6.45) is 2.41. The van der Waals surface area contributed by atoms with Crippen LogP contribution in [0.2, 0.25) is 0 Å². The Morgan fingerprint density at radius 2 is 2.13 bits per heavy atom. The first-order valence-electron chi connectivity index (χ1n) is 8.42.